The van der Waals surface area contributed by atoms with Gasteiger partial charge in [0.05, 0.1) is 10.4 Å². The molecule has 1 saturated carbocycles. The summed E-state index contributed by atoms with van der Waals surface area (Å²) in [4.78, 5) is 15.4. The molecule has 0 spiro atoms. The molecule has 2 aromatic carbocycles. The first-order chi connectivity index (χ1) is 15.6. The normalized spacial score (nSPS) is 13.3. The van der Waals surface area contributed by atoms with Gasteiger partial charge in [-0.2, -0.15) is 13.2 Å². The number of benzene rings is 2. The highest BCUT2D eigenvalue weighted by molar-refractivity contribution is 7.19. The number of nitrogen functional groups attached to an aromatic ring is 1. The van der Waals surface area contributed by atoms with Crippen LogP contribution in [0.2, 0.25) is 0 Å². The van der Waals surface area contributed by atoms with Crippen molar-refractivity contribution in [2.75, 3.05) is 18.8 Å². The first kappa shape index (κ1) is 24.7. The van der Waals surface area contributed by atoms with E-state index in [0.29, 0.717) is 4.88 Å². The quantitative estimate of drug-likeness (QED) is 0.383. The molecule has 1 aliphatic rings. The summed E-state index contributed by atoms with van der Waals surface area (Å²) in [5.74, 6) is -0.216. The molecule has 5 nitrogen and oxygen atoms in total. The maximum absolute atomic E-state index is 12.3. The van der Waals surface area contributed by atoms with Gasteiger partial charge in [-0.1, -0.05) is 53.3 Å². The van der Waals surface area contributed by atoms with E-state index in [-0.39, 0.29) is 10.8 Å². The SMILES string of the molecule is Cc1cccc(-c2sc(N)nc2C(=O)O)c1.FC(F)(F)c1ccc(CCNCC2CC2)cc1. The van der Waals surface area contributed by atoms with Gasteiger partial charge >= 0.3 is 12.1 Å². The smallest absolute Gasteiger partial charge is 0.416 e. The third-order valence-electron chi connectivity index (χ3n) is 5.13. The molecule has 0 aliphatic heterocycles. The van der Waals surface area contributed by atoms with Crippen molar-refractivity contribution in [3.05, 3.63) is 70.9 Å². The third-order valence-corrected chi connectivity index (χ3v) is 6.06. The fourth-order valence-corrected chi connectivity index (χ4v) is 4.01. The van der Waals surface area contributed by atoms with Crippen molar-refractivity contribution in [3.63, 3.8) is 0 Å². The van der Waals surface area contributed by atoms with Crippen LogP contribution in [0.25, 0.3) is 10.4 Å². The van der Waals surface area contributed by atoms with Crippen LogP contribution < -0.4 is 11.1 Å². The molecule has 1 heterocycles. The predicted molar refractivity (Wildman–Crippen MR) is 124 cm³/mol. The Morgan fingerprint density at radius 1 is 1.21 bits per heavy atom. The average molecular weight is 478 g/mol. The van der Waals surface area contributed by atoms with Crippen molar-refractivity contribution in [3.8, 4) is 10.4 Å². The van der Waals surface area contributed by atoms with Crippen LogP contribution in [0.1, 0.15) is 40.0 Å². The monoisotopic (exact) mass is 477 g/mol. The Balaban J connectivity index is 0.000000186. The van der Waals surface area contributed by atoms with Crippen molar-refractivity contribution in [1.82, 2.24) is 10.3 Å². The first-order valence-corrected chi connectivity index (χ1v) is 11.4. The van der Waals surface area contributed by atoms with E-state index in [0.717, 1.165) is 54.3 Å². The lowest BCUT2D eigenvalue weighted by Gasteiger charge is -2.08. The summed E-state index contributed by atoms with van der Waals surface area (Å²) in [5, 5.41) is 12.6. The predicted octanol–water partition coefficient (Wildman–Crippen LogP) is 5.65. The van der Waals surface area contributed by atoms with Crippen molar-refractivity contribution in [1.29, 1.82) is 0 Å². The number of nitrogens with zero attached hydrogens (tertiary/aromatic N) is 1. The Hall–Kier alpha value is -2.91. The van der Waals surface area contributed by atoms with Gasteiger partial charge in [0.15, 0.2) is 10.8 Å². The summed E-state index contributed by atoms with van der Waals surface area (Å²) in [6.45, 7) is 3.83. The molecular formula is C24H26F3N3O2S. The Bertz CT molecular complexity index is 1080. The van der Waals surface area contributed by atoms with Crippen LogP contribution in [0.5, 0.6) is 0 Å². The number of aromatic nitrogens is 1. The molecule has 9 heteroatoms. The molecule has 0 radical (unpaired) electrons. The van der Waals surface area contributed by atoms with Gasteiger partial charge in [0, 0.05) is 0 Å². The maximum atomic E-state index is 12.3. The zero-order chi connectivity index (χ0) is 24.0. The second-order valence-corrected chi connectivity index (χ2v) is 9.03. The lowest BCUT2D eigenvalue weighted by atomic mass is 10.1. The molecule has 4 N–H and O–H groups in total. The molecule has 1 fully saturated rings. The van der Waals surface area contributed by atoms with Gasteiger partial charge in [-0.05, 0) is 68.5 Å². The number of nitrogens with two attached hydrogens (primary N) is 1. The number of carboxylic acids is 1. The zero-order valence-electron chi connectivity index (χ0n) is 18.2. The van der Waals surface area contributed by atoms with Crippen molar-refractivity contribution in [2.24, 2.45) is 5.92 Å². The van der Waals surface area contributed by atoms with Crippen LogP contribution in [0.4, 0.5) is 18.3 Å². The Morgan fingerprint density at radius 2 is 1.91 bits per heavy atom. The summed E-state index contributed by atoms with van der Waals surface area (Å²) in [6.07, 6.45) is -0.825. The molecule has 0 saturated heterocycles. The zero-order valence-corrected chi connectivity index (χ0v) is 19.0. The number of rotatable bonds is 7. The summed E-state index contributed by atoms with van der Waals surface area (Å²) < 4.78 is 36.9. The van der Waals surface area contributed by atoms with E-state index in [4.69, 9.17) is 10.8 Å². The summed E-state index contributed by atoms with van der Waals surface area (Å²) in [7, 11) is 0. The Labute approximate surface area is 194 Å². The first-order valence-electron chi connectivity index (χ1n) is 10.6. The summed E-state index contributed by atoms with van der Waals surface area (Å²) in [6, 6.07) is 13.0. The lowest BCUT2D eigenvalue weighted by Crippen LogP contribution is -2.19. The second-order valence-electron chi connectivity index (χ2n) is 8.00. The Morgan fingerprint density at radius 3 is 2.48 bits per heavy atom. The van der Waals surface area contributed by atoms with Gasteiger partial charge in [0.2, 0.25) is 0 Å². The molecule has 0 unspecified atom stereocenters. The van der Waals surface area contributed by atoms with Gasteiger partial charge in [0.25, 0.3) is 0 Å². The van der Waals surface area contributed by atoms with E-state index in [9.17, 15) is 18.0 Å². The number of alkyl halides is 3. The van der Waals surface area contributed by atoms with E-state index in [2.05, 4.69) is 10.3 Å². The van der Waals surface area contributed by atoms with E-state index in [1.807, 2.05) is 31.2 Å². The molecule has 4 rings (SSSR count). The number of anilines is 1. The highest BCUT2D eigenvalue weighted by Crippen LogP contribution is 2.32. The van der Waals surface area contributed by atoms with Gasteiger partial charge in [-0.25, -0.2) is 9.78 Å². The minimum atomic E-state index is -4.23. The van der Waals surface area contributed by atoms with E-state index in [1.165, 1.54) is 24.2 Å². The third kappa shape index (κ3) is 7.57. The molecule has 3 aromatic rings. The minimum Gasteiger partial charge on any atom is -0.476 e. The molecule has 1 aliphatic carbocycles. The lowest BCUT2D eigenvalue weighted by molar-refractivity contribution is -0.137. The molecule has 0 bridgehead atoms. The minimum absolute atomic E-state index is 0.0214. The van der Waals surface area contributed by atoms with Crippen LogP contribution in [0.3, 0.4) is 0 Å². The van der Waals surface area contributed by atoms with E-state index >= 15 is 0 Å². The molecule has 0 atom stereocenters. The second kappa shape index (κ2) is 10.8. The number of hydrogen-bond acceptors (Lipinski definition) is 5. The summed E-state index contributed by atoms with van der Waals surface area (Å²) in [5.41, 5.74) is 7.84. The molecule has 1 aromatic heterocycles. The highest BCUT2D eigenvalue weighted by atomic mass is 32.1. The molecular weight excluding hydrogens is 451 g/mol. The standard InChI is InChI=1S/C13H16F3N.C11H10N2O2S/c14-13(15,16)12-5-3-10(4-6-12)7-8-17-9-11-1-2-11;1-6-3-2-4-7(5-6)9-8(10(14)15)13-11(12)16-9/h3-6,11,17H,1-2,7-9H2;2-5H,1H3,(H2,12,13)(H,14,15). The van der Waals surface area contributed by atoms with Crippen LogP contribution >= 0.6 is 11.3 Å². The number of carboxylic acid groups (broad SMARTS) is 1. The van der Waals surface area contributed by atoms with Gasteiger partial charge in [-0.3, -0.25) is 0 Å². The van der Waals surface area contributed by atoms with Crippen molar-refractivity contribution < 1.29 is 23.1 Å². The van der Waals surface area contributed by atoms with E-state index in [1.54, 1.807) is 12.1 Å². The number of aryl methyl sites for hydroxylation is 1. The molecule has 0 amide bonds. The van der Waals surface area contributed by atoms with Gasteiger partial charge < -0.3 is 16.2 Å². The van der Waals surface area contributed by atoms with Crippen molar-refractivity contribution in [2.45, 2.75) is 32.4 Å². The van der Waals surface area contributed by atoms with Crippen LogP contribution in [-0.2, 0) is 12.6 Å². The van der Waals surface area contributed by atoms with Gasteiger partial charge in [0.1, 0.15) is 0 Å². The largest absolute Gasteiger partial charge is 0.476 e. The number of carbonyl (C=O) groups is 1. The van der Waals surface area contributed by atoms with Crippen LogP contribution in [0.15, 0.2) is 48.5 Å². The fraction of sp³-hybridized carbons (Fsp3) is 0.333. The number of halogens is 3. The molecule has 176 valence electrons. The maximum Gasteiger partial charge on any atom is 0.416 e. The van der Waals surface area contributed by atoms with Crippen LogP contribution in [0, 0.1) is 12.8 Å². The number of thiazole rings is 1. The summed E-state index contributed by atoms with van der Waals surface area (Å²) >= 11 is 1.19. The number of aromatic carboxylic acids is 1. The number of hydrogen-bond donors (Lipinski definition) is 3. The van der Waals surface area contributed by atoms with Gasteiger partial charge in [-0.15, -0.1) is 0 Å². The van der Waals surface area contributed by atoms with Crippen LogP contribution in [-0.4, -0.2) is 29.1 Å². The molecule has 33 heavy (non-hydrogen) atoms. The Kier molecular flexibility index (Phi) is 8.10. The topological polar surface area (TPSA) is 88.2 Å². The van der Waals surface area contributed by atoms with Crippen molar-refractivity contribution >= 4 is 22.4 Å². The highest BCUT2D eigenvalue weighted by Gasteiger charge is 2.29. The fourth-order valence-electron chi connectivity index (χ4n) is 3.18. The number of nitrogens with one attached hydrogen (secondary N) is 1. The van der Waals surface area contributed by atoms with E-state index < -0.39 is 17.7 Å². The average Bonchev–Trinajstić information content (AvgIpc) is 3.50.